The van der Waals surface area contributed by atoms with Gasteiger partial charge in [0.05, 0.1) is 12.6 Å². The lowest BCUT2D eigenvalue weighted by atomic mass is 9.95. The lowest BCUT2D eigenvalue weighted by molar-refractivity contribution is -0.128. The van der Waals surface area contributed by atoms with E-state index in [-0.39, 0.29) is 5.91 Å². The number of carbonyl (C=O) groups is 1. The topological polar surface area (TPSA) is 71.2 Å². The highest BCUT2D eigenvalue weighted by molar-refractivity contribution is 5.77. The molecule has 1 aromatic carbocycles. The summed E-state index contributed by atoms with van der Waals surface area (Å²) in [6.45, 7) is 1.27. The van der Waals surface area contributed by atoms with Crippen molar-refractivity contribution in [1.29, 1.82) is 0 Å². The summed E-state index contributed by atoms with van der Waals surface area (Å²) >= 11 is 0. The summed E-state index contributed by atoms with van der Waals surface area (Å²) in [5, 5.41) is 15.4. The van der Waals surface area contributed by atoms with E-state index in [1.54, 1.807) is 0 Å². The Labute approximate surface area is 153 Å². The average molecular weight is 354 g/mol. The Morgan fingerprint density at radius 1 is 1.12 bits per heavy atom. The SMILES string of the molecule is O=C1CCCN1Cc1nc([C@H](O)c2ccccc2)nn1C1CCCCC1. The van der Waals surface area contributed by atoms with Crippen molar-refractivity contribution in [3.8, 4) is 0 Å². The summed E-state index contributed by atoms with van der Waals surface area (Å²) in [5.41, 5.74) is 0.789. The van der Waals surface area contributed by atoms with Crippen molar-refractivity contribution in [2.75, 3.05) is 6.54 Å². The molecule has 1 aliphatic carbocycles. The number of amides is 1. The number of aromatic nitrogens is 3. The summed E-state index contributed by atoms with van der Waals surface area (Å²) in [7, 11) is 0. The fraction of sp³-hybridized carbons (Fsp3) is 0.550. The maximum Gasteiger partial charge on any atom is 0.223 e. The van der Waals surface area contributed by atoms with E-state index in [1.165, 1.54) is 19.3 Å². The molecule has 2 aromatic rings. The third-order valence-electron chi connectivity index (χ3n) is 5.50. The van der Waals surface area contributed by atoms with Gasteiger partial charge in [0.15, 0.2) is 5.82 Å². The van der Waals surface area contributed by atoms with Crippen molar-refractivity contribution in [3.05, 3.63) is 47.5 Å². The Morgan fingerprint density at radius 2 is 1.88 bits per heavy atom. The van der Waals surface area contributed by atoms with Crippen molar-refractivity contribution in [2.24, 2.45) is 0 Å². The van der Waals surface area contributed by atoms with E-state index in [0.29, 0.717) is 24.8 Å². The maximum absolute atomic E-state index is 12.0. The predicted octanol–water partition coefficient (Wildman–Crippen LogP) is 2.99. The Morgan fingerprint density at radius 3 is 2.58 bits per heavy atom. The second kappa shape index (κ2) is 7.58. The monoisotopic (exact) mass is 354 g/mol. The number of aliphatic hydroxyl groups excluding tert-OH is 1. The largest absolute Gasteiger partial charge is 0.380 e. The molecule has 0 radical (unpaired) electrons. The molecule has 0 bridgehead atoms. The number of benzene rings is 1. The number of likely N-dealkylation sites (tertiary alicyclic amines) is 1. The molecule has 4 rings (SSSR count). The molecular formula is C20H26N4O2. The molecule has 1 atom stereocenters. The molecule has 1 aliphatic heterocycles. The van der Waals surface area contributed by atoms with Gasteiger partial charge >= 0.3 is 0 Å². The predicted molar refractivity (Wildman–Crippen MR) is 97.3 cm³/mol. The van der Waals surface area contributed by atoms with E-state index in [4.69, 9.17) is 5.10 Å². The summed E-state index contributed by atoms with van der Waals surface area (Å²) in [6, 6.07) is 9.82. The molecule has 6 nitrogen and oxygen atoms in total. The number of carbonyl (C=O) groups excluding carboxylic acids is 1. The number of rotatable bonds is 5. The lowest BCUT2D eigenvalue weighted by Gasteiger charge is -2.24. The first-order chi connectivity index (χ1) is 12.7. The quantitative estimate of drug-likeness (QED) is 0.896. The zero-order valence-electron chi connectivity index (χ0n) is 15.0. The average Bonchev–Trinajstić information content (AvgIpc) is 3.29. The fourth-order valence-corrected chi connectivity index (χ4v) is 4.04. The number of aliphatic hydroxyl groups is 1. The molecule has 1 N–H and O–H groups in total. The highest BCUT2D eigenvalue weighted by atomic mass is 16.3. The number of nitrogens with zero attached hydrogens (tertiary/aromatic N) is 4. The van der Waals surface area contributed by atoms with Gasteiger partial charge in [-0.1, -0.05) is 49.6 Å². The van der Waals surface area contributed by atoms with Crippen LogP contribution in [0.25, 0.3) is 0 Å². The standard InChI is InChI=1S/C20H26N4O2/c25-18-12-7-13-23(18)14-17-21-20(19(26)15-8-3-1-4-9-15)22-24(17)16-10-5-2-6-11-16/h1,3-4,8-9,16,19,26H,2,5-7,10-14H2/t19-/m1/s1. The molecule has 1 amide bonds. The Bertz CT molecular complexity index is 752. The van der Waals surface area contributed by atoms with Crippen LogP contribution in [0, 0.1) is 0 Å². The minimum absolute atomic E-state index is 0.188. The zero-order chi connectivity index (χ0) is 17.9. The molecule has 2 fully saturated rings. The summed E-state index contributed by atoms with van der Waals surface area (Å²) in [5.74, 6) is 1.42. The Balaban J connectivity index is 1.63. The molecule has 1 aromatic heterocycles. The van der Waals surface area contributed by atoms with Gasteiger partial charge in [-0.2, -0.15) is 5.10 Å². The van der Waals surface area contributed by atoms with Gasteiger partial charge in [0, 0.05) is 13.0 Å². The van der Waals surface area contributed by atoms with E-state index >= 15 is 0 Å². The van der Waals surface area contributed by atoms with Gasteiger partial charge < -0.3 is 10.0 Å². The van der Waals surface area contributed by atoms with Gasteiger partial charge in [0.2, 0.25) is 5.91 Å². The van der Waals surface area contributed by atoms with Crippen LogP contribution < -0.4 is 0 Å². The van der Waals surface area contributed by atoms with Crippen LogP contribution in [0.2, 0.25) is 0 Å². The summed E-state index contributed by atoms with van der Waals surface area (Å²) in [4.78, 5) is 18.6. The van der Waals surface area contributed by atoms with Gasteiger partial charge in [-0.25, -0.2) is 9.67 Å². The molecule has 138 valence electrons. The maximum atomic E-state index is 12.0. The molecular weight excluding hydrogens is 328 g/mol. The van der Waals surface area contributed by atoms with Crippen LogP contribution >= 0.6 is 0 Å². The molecule has 0 spiro atoms. The second-order valence-electron chi connectivity index (χ2n) is 7.35. The van der Waals surface area contributed by atoms with Gasteiger partial charge in [0.25, 0.3) is 0 Å². The van der Waals surface area contributed by atoms with E-state index in [9.17, 15) is 9.90 Å². The second-order valence-corrected chi connectivity index (χ2v) is 7.35. The molecule has 2 heterocycles. The molecule has 0 unspecified atom stereocenters. The van der Waals surface area contributed by atoms with E-state index in [2.05, 4.69) is 4.98 Å². The van der Waals surface area contributed by atoms with E-state index < -0.39 is 6.10 Å². The van der Waals surface area contributed by atoms with Crippen molar-refractivity contribution in [2.45, 2.75) is 63.6 Å². The van der Waals surface area contributed by atoms with Crippen LogP contribution in [0.3, 0.4) is 0 Å². The Kier molecular flexibility index (Phi) is 5.02. The smallest absolute Gasteiger partial charge is 0.223 e. The van der Waals surface area contributed by atoms with E-state index in [1.807, 2.05) is 39.9 Å². The molecule has 6 heteroatoms. The third kappa shape index (κ3) is 3.51. The first-order valence-corrected chi connectivity index (χ1v) is 9.68. The van der Waals surface area contributed by atoms with Gasteiger partial charge in [-0.05, 0) is 24.8 Å². The van der Waals surface area contributed by atoms with Crippen molar-refractivity contribution in [1.82, 2.24) is 19.7 Å². The van der Waals surface area contributed by atoms with Crippen LogP contribution in [0.15, 0.2) is 30.3 Å². The number of hydrogen-bond acceptors (Lipinski definition) is 4. The fourth-order valence-electron chi connectivity index (χ4n) is 4.04. The molecule has 1 saturated heterocycles. The molecule has 1 saturated carbocycles. The first-order valence-electron chi connectivity index (χ1n) is 9.68. The van der Waals surface area contributed by atoms with Crippen LogP contribution in [0.5, 0.6) is 0 Å². The highest BCUT2D eigenvalue weighted by Gasteiger charge is 2.27. The van der Waals surface area contributed by atoms with Crippen molar-refractivity contribution in [3.63, 3.8) is 0 Å². The summed E-state index contributed by atoms with van der Waals surface area (Å²) < 4.78 is 1.99. The van der Waals surface area contributed by atoms with Crippen LogP contribution in [0.1, 0.15) is 74.3 Å². The minimum Gasteiger partial charge on any atom is -0.380 e. The molecule has 2 aliphatic rings. The molecule has 26 heavy (non-hydrogen) atoms. The van der Waals surface area contributed by atoms with Gasteiger partial charge in [0.1, 0.15) is 11.9 Å². The van der Waals surface area contributed by atoms with Crippen molar-refractivity contribution < 1.29 is 9.90 Å². The lowest BCUT2D eigenvalue weighted by Crippen LogP contribution is -2.27. The van der Waals surface area contributed by atoms with Crippen molar-refractivity contribution >= 4 is 5.91 Å². The minimum atomic E-state index is -0.839. The van der Waals surface area contributed by atoms with Gasteiger partial charge in [-0.3, -0.25) is 4.79 Å². The number of hydrogen-bond donors (Lipinski definition) is 1. The van der Waals surface area contributed by atoms with Crippen LogP contribution in [0.4, 0.5) is 0 Å². The zero-order valence-corrected chi connectivity index (χ0v) is 15.0. The first kappa shape index (κ1) is 17.2. The van der Waals surface area contributed by atoms with Gasteiger partial charge in [-0.15, -0.1) is 0 Å². The Hall–Kier alpha value is -2.21. The van der Waals surface area contributed by atoms with Crippen LogP contribution in [-0.2, 0) is 11.3 Å². The van der Waals surface area contributed by atoms with Crippen LogP contribution in [-0.4, -0.2) is 37.2 Å². The highest BCUT2D eigenvalue weighted by Crippen LogP contribution is 2.30. The summed E-state index contributed by atoms with van der Waals surface area (Å²) in [6.07, 6.45) is 6.54. The normalized spacial score (nSPS) is 19.9. The van der Waals surface area contributed by atoms with E-state index in [0.717, 1.165) is 37.2 Å². The third-order valence-corrected chi connectivity index (χ3v) is 5.50.